The maximum atomic E-state index is 4.38. The SMILES string of the molecule is CC(C)(C)c1ccc[c-]c1Cc1ccccn1.[Ir]. The number of hydrogen-bond donors (Lipinski definition) is 0. The van der Waals surface area contributed by atoms with E-state index in [1.54, 1.807) is 0 Å². The number of aromatic nitrogens is 1. The van der Waals surface area contributed by atoms with E-state index in [4.69, 9.17) is 0 Å². The zero-order valence-corrected chi connectivity index (χ0v) is 13.4. The van der Waals surface area contributed by atoms with E-state index in [0.29, 0.717) is 0 Å². The molecule has 0 spiro atoms. The quantitative estimate of drug-likeness (QED) is 0.680. The molecule has 0 aliphatic carbocycles. The Labute approximate surface area is 123 Å². The summed E-state index contributed by atoms with van der Waals surface area (Å²) in [6.07, 6.45) is 2.70. The standard InChI is InChI=1S/C16H18N.Ir/c1-16(2,3)15-10-5-4-8-13(15)12-14-9-6-7-11-17-14;/h4-7,9-11H,12H2,1-3H3;/q-1;. The third-order valence-electron chi connectivity index (χ3n) is 2.83. The van der Waals surface area contributed by atoms with Gasteiger partial charge in [0, 0.05) is 32.0 Å². The molecule has 1 aromatic heterocycles. The molecule has 0 aliphatic rings. The van der Waals surface area contributed by atoms with Crippen LogP contribution < -0.4 is 0 Å². The summed E-state index contributed by atoms with van der Waals surface area (Å²) in [4.78, 5) is 4.38. The minimum absolute atomic E-state index is 0. The van der Waals surface area contributed by atoms with Gasteiger partial charge in [-0.15, -0.1) is 5.56 Å². The van der Waals surface area contributed by atoms with Gasteiger partial charge in [-0.25, -0.2) is 0 Å². The largest absolute Gasteiger partial charge is 0.261 e. The molecule has 2 heteroatoms. The van der Waals surface area contributed by atoms with Crippen molar-refractivity contribution in [2.24, 2.45) is 0 Å². The van der Waals surface area contributed by atoms with Crippen LogP contribution in [0.15, 0.2) is 42.6 Å². The predicted molar refractivity (Wildman–Crippen MR) is 71.0 cm³/mol. The topological polar surface area (TPSA) is 12.9 Å². The van der Waals surface area contributed by atoms with Gasteiger partial charge in [-0.1, -0.05) is 32.3 Å². The second-order valence-electron chi connectivity index (χ2n) is 5.31. The number of pyridine rings is 1. The summed E-state index contributed by atoms with van der Waals surface area (Å²) in [5.41, 5.74) is 3.85. The smallest absolute Gasteiger partial charge is 0.0426 e. The molecule has 97 valence electrons. The van der Waals surface area contributed by atoms with E-state index in [1.165, 1.54) is 11.1 Å². The van der Waals surface area contributed by atoms with Crippen molar-refractivity contribution < 1.29 is 20.1 Å². The fourth-order valence-electron chi connectivity index (χ4n) is 2.00. The summed E-state index contributed by atoms with van der Waals surface area (Å²) >= 11 is 0. The Bertz CT molecular complexity index is 486. The predicted octanol–water partition coefficient (Wildman–Crippen LogP) is 3.77. The average Bonchev–Trinajstić information content (AvgIpc) is 2.30. The van der Waals surface area contributed by atoms with E-state index >= 15 is 0 Å². The van der Waals surface area contributed by atoms with Crippen LogP contribution in [0.3, 0.4) is 0 Å². The second kappa shape index (κ2) is 6.26. The zero-order chi connectivity index (χ0) is 12.3. The third-order valence-corrected chi connectivity index (χ3v) is 2.83. The van der Waals surface area contributed by atoms with Crippen molar-refractivity contribution in [3.05, 3.63) is 65.5 Å². The van der Waals surface area contributed by atoms with E-state index in [9.17, 15) is 0 Å². The van der Waals surface area contributed by atoms with Crippen LogP contribution in [0.4, 0.5) is 0 Å². The van der Waals surface area contributed by atoms with Crippen LogP contribution in [-0.4, -0.2) is 4.98 Å². The summed E-state index contributed by atoms with van der Waals surface area (Å²) in [5, 5.41) is 0. The molecule has 0 saturated carbocycles. The first-order chi connectivity index (χ1) is 8.07. The first kappa shape index (κ1) is 15.1. The number of rotatable bonds is 2. The normalized spacial score (nSPS) is 10.8. The van der Waals surface area contributed by atoms with Crippen molar-refractivity contribution in [1.29, 1.82) is 0 Å². The summed E-state index contributed by atoms with van der Waals surface area (Å²) in [6.45, 7) is 6.70. The molecule has 0 fully saturated rings. The Hall–Kier alpha value is -0.981. The van der Waals surface area contributed by atoms with Crippen LogP contribution in [0.5, 0.6) is 0 Å². The van der Waals surface area contributed by atoms with Crippen molar-refractivity contribution >= 4 is 0 Å². The van der Waals surface area contributed by atoms with E-state index in [1.807, 2.05) is 24.4 Å². The Morgan fingerprint density at radius 1 is 1.11 bits per heavy atom. The van der Waals surface area contributed by atoms with Gasteiger partial charge in [-0.3, -0.25) is 4.98 Å². The second-order valence-corrected chi connectivity index (χ2v) is 5.31. The number of hydrogen-bond acceptors (Lipinski definition) is 1. The van der Waals surface area contributed by atoms with Gasteiger partial charge in [0.15, 0.2) is 0 Å². The van der Waals surface area contributed by atoms with Gasteiger partial charge in [-0.2, -0.15) is 29.8 Å². The molecule has 2 aromatic rings. The Morgan fingerprint density at radius 3 is 2.50 bits per heavy atom. The first-order valence-corrected chi connectivity index (χ1v) is 5.97. The Morgan fingerprint density at radius 2 is 1.89 bits per heavy atom. The van der Waals surface area contributed by atoms with Gasteiger partial charge in [0.25, 0.3) is 0 Å². The average molecular weight is 417 g/mol. The maximum absolute atomic E-state index is 4.38. The molecule has 2 rings (SSSR count). The van der Waals surface area contributed by atoms with E-state index in [-0.39, 0.29) is 25.5 Å². The van der Waals surface area contributed by atoms with Gasteiger partial charge in [-0.05, 0) is 18.6 Å². The zero-order valence-electron chi connectivity index (χ0n) is 11.0. The monoisotopic (exact) mass is 417 g/mol. The fraction of sp³-hybridized carbons (Fsp3) is 0.312. The minimum Gasteiger partial charge on any atom is -0.261 e. The molecular weight excluding hydrogens is 398 g/mol. The molecule has 0 atom stereocenters. The van der Waals surface area contributed by atoms with Gasteiger partial charge >= 0.3 is 0 Å². The van der Waals surface area contributed by atoms with E-state index in [2.05, 4.69) is 50.0 Å². The molecule has 0 N–H and O–H groups in total. The van der Waals surface area contributed by atoms with Crippen molar-refractivity contribution in [3.8, 4) is 0 Å². The van der Waals surface area contributed by atoms with Crippen molar-refractivity contribution in [1.82, 2.24) is 4.98 Å². The molecule has 1 aromatic carbocycles. The molecule has 1 radical (unpaired) electrons. The van der Waals surface area contributed by atoms with Crippen molar-refractivity contribution in [2.45, 2.75) is 32.6 Å². The molecule has 1 nitrogen and oxygen atoms in total. The maximum Gasteiger partial charge on any atom is 0.0426 e. The van der Waals surface area contributed by atoms with Gasteiger partial charge in [0.1, 0.15) is 0 Å². The molecule has 0 bridgehead atoms. The van der Waals surface area contributed by atoms with Crippen molar-refractivity contribution in [2.75, 3.05) is 0 Å². The Balaban J connectivity index is 0.00000162. The molecule has 0 unspecified atom stereocenters. The molecular formula is C16H18IrN-. The van der Waals surface area contributed by atoms with E-state index in [0.717, 1.165) is 12.1 Å². The van der Waals surface area contributed by atoms with Gasteiger partial charge in [0.05, 0.1) is 0 Å². The van der Waals surface area contributed by atoms with Crippen LogP contribution >= 0.6 is 0 Å². The summed E-state index contributed by atoms with van der Waals surface area (Å²) in [6, 6.07) is 15.6. The van der Waals surface area contributed by atoms with Crippen molar-refractivity contribution in [3.63, 3.8) is 0 Å². The molecule has 1 heterocycles. The van der Waals surface area contributed by atoms with Crippen LogP contribution in [0.25, 0.3) is 0 Å². The molecule has 18 heavy (non-hydrogen) atoms. The number of benzene rings is 1. The van der Waals surface area contributed by atoms with Crippen LogP contribution in [0, 0.1) is 6.07 Å². The Kier molecular flexibility index (Phi) is 5.25. The minimum atomic E-state index is 0. The molecule has 0 aliphatic heterocycles. The van der Waals surface area contributed by atoms with E-state index < -0.39 is 0 Å². The van der Waals surface area contributed by atoms with Crippen LogP contribution in [0.1, 0.15) is 37.6 Å². The van der Waals surface area contributed by atoms with Gasteiger partial charge in [0.2, 0.25) is 0 Å². The third kappa shape index (κ3) is 3.76. The van der Waals surface area contributed by atoms with Gasteiger partial charge < -0.3 is 0 Å². The van der Waals surface area contributed by atoms with Crippen LogP contribution in [-0.2, 0) is 31.9 Å². The summed E-state index contributed by atoms with van der Waals surface area (Å²) in [7, 11) is 0. The summed E-state index contributed by atoms with van der Waals surface area (Å²) < 4.78 is 0. The fourth-order valence-corrected chi connectivity index (χ4v) is 2.00. The number of nitrogens with zero attached hydrogens (tertiary/aromatic N) is 1. The van der Waals surface area contributed by atoms with Crippen LogP contribution in [0.2, 0.25) is 0 Å². The first-order valence-electron chi connectivity index (χ1n) is 5.97. The molecule has 0 saturated heterocycles. The summed E-state index contributed by atoms with van der Waals surface area (Å²) in [5.74, 6) is 0. The molecule has 0 amide bonds.